The van der Waals surface area contributed by atoms with E-state index in [9.17, 15) is 9.90 Å². The molecule has 2 unspecified atom stereocenters. The van der Waals surface area contributed by atoms with Gasteiger partial charge in [-0.2, -0.15) is 0 Å². The van der Waals surface area contributed by atoms with E-state index in [0.717, 1.165) is 6.42 Å². The van der Waals surface area contributed by atoms with Gasteiger partial charge in [0.2, 0.25) is 0 Å². The summed E-state index contributed by atoms with van der Waals surface area (Å²) in [6, 6.07) is 0. The fourth-order valence-corrected chi connectivity index (χ4v) is 1.03. The Morgan fingerprint density at radius 2 is 2.07 bits per heavy atom. The van der Waals surface area contributed by atoms with Crippen LogP contribution >= 0.6 is 0 Å². The third-order valence-corrected chi connectivity index (χ3v) is 2.33. The molecule has 0 aliphatic carbocycles. The Hall–Kier alpha value is -0.830. The molecule has 2 atom stereocenters. The molecule has 0 radical (unpaired) electrons. The summed E-state index contributed by atoms with van der Waals surface area (Å²) in [7, 11) is 0. The zero-order valence-corrected chi connectivity index (χ0v) is 10.3. The minimum atomic E-state index is -1.42. The van der Waals surface area contributed by atoms with Gasteiger partial charge in [0.1, 0.15) is 6.10 Å². The van der Waals surface area contributed by atoms with E-state index < -0.39 is 11.6 Å². The summed E-state index contributed by atoms with van der Waals surface area (Å²) in [6.45, 7) is 8.80. The lowest BCUT2D eigenvalue weighted by Crippen LogP contribution is -2.37. The van der Waals surface area contributed by atoms with Crippen LogP contribution < -0.4 is 0 Å². The van der Waals surface area contributed by atoms with Crippen LogP contribution in [0.1, 0.15) is 41.0 Å². The Kier molecular flexibility index (Phi) is 5.58. The summed E-state index contributed by atoms with van der Waals surface area (Å²) < 4.78 is 5.23. The standard InChI is InChI=1S/C12H22O3/c1-6-8-10(9(3)7-2)15-11(13)12(4,5)14/h6,8-10,14H,7H2,1-5H3. The van der Waals surface area contributed by atoms with Gasteiger partial charge in [-0.3, -0.25) is 0 Å². The number of hydrogen-bond acceptors (Lipinski definition) is 3. The summed E-state index contributed by atoms with van der Waals surface area (Å²) in [5.41, 5.74) is -1.42. The summed E-state index contributed by atoms with van der Waals surface area (Å²) in [5, 5.41) is 9.46. The highest BCUT2D eigenvalue weighted by molar-refractivity contribution is 5.78. The molecule has 0 spiro atoms. The van der Waals surface area contributed by atoms with Crippen LogP contribution in [0.4, 0.5) is 0 Å². The number of carbonyl (C=O) groups excluding carboxylic acids is 1. The van der Waals surface area contributed by atoms with Crippen LogP contribution in [-0.4, -0.2) is 22.8 Å². The first-order valence-electron chi connectivity index (χ1n) is 5.39. The first-order valence-corrected chi connectivity index (χ1v) is 5.39. The predicted octanol–water partition coefficient (Wildman–Crippen LogP) is 2.29. The second-order valence-corrected chi connectivity index (χ2v) is 4.34. The number of hydrogen-bond donors (Lipinski definition) is 1. The van der Waals surface area contributed by atoms with Gasteiger partial charge in [-0.05, 0) is 39.2 Å². The van der Waals surface area contributed by atoms with Crippen LogP contribution in [0.15, 0.2) is 12.2 Å². The molecule has 3 nitrogen and oxygen atoms in total. The molecule has 0 aliphatic heterocycles. The Morgan fingerprint density at radius 1 is 1.53 bits per heavy atom. The fourth-order valence-electron chi connectivity index (χ4n) is 1.03. The highest BCUT2D eigenvalue weighted by Gasteiger charge is 2.29. The molecule has 0 heterocycles. The van der Waals surface area contributed by atoms with Crippen LogP contribution in [0.2, 0.25) is 0 Å². The van der Waals surface area contributed by atoms with Crippen LogP contribution in [-0.2, 0) is 9.53 Å². The molecule has 0 aromatic rings. The molecule has 0 bridgehead atoms. The van der Waals surface area contributed by atoms with Crippen LogP contribution in [0.5, 0.6) is 0 Å². The molecule has 0 aromatic heterocycles. The molecule has 15 heavy (non-hydrogen) atoms. The van der Waals surface area contributed by atoms with Crippen LogP contribution in [0, 0.1) is 5.92 Å². The third-order valence-electron chi connectivity index (χ3n) is 2.33. The number of ether oxygens (including phenoxy) is 1. The maximum Gasteiger partial charge on any atom is 0.338 e. The lowest BCUT2D eigenvalue weighted by Gasteiger charge is -2.24. The monoisotopic (exact) mass is 214 g/mol. The van der Waals surface area contributed by atoms with Gasteiger partial charge in [0, 0.05) is 0 Å². The van der Waals surface area contributed by atoms with Gasteiger partial charge in [0.25, 0.3) is 0 Å². The molecule has 0 saturated heterocycles. The molecule has 0 saturated carbocycles. The van der Waals surface area contributed by atoms with E-state index in [1.165, 1.54) is 13.8 Å². The minimum absolute atomic E-state index is 0.251. The van der Waals surface area contributed by atoms with Gasteiger partial charge in [-0.1, -0.05) is 19.9 Å². The second-order valence-electron chi connectivity index (χ2n) is 4.34. The van der Waals surface area contributed by atoms with Crippen molar-refractivity contribution in [3.8, 4) is 0 Å². The third kappa shape index (κ3) is 4.98. The smallest absolute Gasteiger partial charge is 0.338 e. The second kappa shape index (κ2) is 5.91. The van der Waals surface area contributed by atoms with E-state index in [4.69, 9.17) is 4.74 Å². The Labute approximate surface area is 92.1 Å². The molecule has 88 valence electrons. The molecule has 0 fully saturated rings. The van der Waals surface area contributed by atoms with Gasteiger partial charge in [-0.15, -0.1) is 0 Å². The molecule has 3 heteroatoms. The minimum Gasteiger partial charge on any atom is -0.456 e. The molecule has 0 aromatic carbocycles. The molecule has 0 aliphatic rings. The highest BCUT2D eigenvalue weighted by Crippen LogP contribution is 2.16. The molecular formula is C12H22O3. The highest BCUT2D eigenvalue weighted by atomic mass is 16.6. The van der Waals surface area contributed by atoms with Crippen LogP contribution in [0.3, 0.4) is 0 Å². The van der Waals surface area contributed by atoms with E-state index in [-0.39, 0.29) is 12.0 Å². The molecule has 1 N–H and O–H groups in total. The molecule has 0 amide bonds. The van der Waals surface area contributed by atoms with Crippen molar-refractivity contribution >= 4 is 5.97 Å². The van der Waals surface area contributed by atoms with Crippen molar-refractivity contribution in [3.05, 3.63) is 12.2 Å². The van der Waals surface area contributed by atoms with E-state index in [0.29, 0.717) is 0 Å². The predicted molar refractivity (Wildman–Crippen MR) is 60.4 cm³/mol. The topological polar surface area (TPSA) is 46.5 Å². The van der Waals surface area contributed by atoms with E-state index >= 15 is 0 Å². The van der Waals surface area contributed by atoms with Crippen LogP contribution in [0.25, 0.3) is 0 Å². The van der Waals surface area contributed by atoms with Crippen molar-refractivity contribution < 1.29 is 14.6 Å². The average molecular weight is 214 g/mol. The number of allylic oxidation sites excluding steroid dienone is 1. The van der Waals surface area contributed by atoms with Crippen molar-refractivity contribution in [1.29, 1.82) is 0 Å². The van der Waals surface area contributed by atoms with Crippen molar-refractivity contribution in [2.24, 2.45) is 5.92 Å². The van der Waals surface area contributed by atoms with Gasteiger partial charge < -0.3 is 9.84 Å². The zero-order chi connectivity index (χ0) is 12.1. The molecular weight excluding hydrogens is 192 g/mol. The summed E-state index contributed by atoms with van der Waals surface area (Å²) >= 11 is 0. The van der Waals surface area contributed by atoms with Crippen molar-refractivity contribution in [3.63, 3.8) is 0 Å². The fraction of sp³-hybridized carbons (Fsp3) is 0.750. The van der Waals surface area contributed by atoms with Crippen molar-refractivity contribution in [2.45, 2.75) is 52.7 Å². The van der Waals surface area contributed by atoms with E-state index in [1.807, 2.05) is 32.9 Å². The Morgan fingerprint density at radius 3 is 2.40 bits per heavy atom. The maximum absolute atomic E-state index is 11.5. The SMILES string of the molecule is CC=CC(OC(=O)C(C)(C)O)C(C)CC. The number of esters is 1. The normalized spacial score (nSPS) is 16.4. The quantitative estimate of drug-likeness (QED) is 0.564. The van der Waals surface area contributed by atoms with Crippen molar-refractivity contribution in [2.75, 3.05) is 0 Å². The lowest BCUT2D eigenvalue weighted by molar-refractivity contribution is -0.167. The Balaban J connectivity index is 4.49. The maximum atomic E-state index is 11.5. The lowest BCUT2D eigenvalue weighted by atomic mass is 10.0. The number of carbonyl (C=O) groups is 1. The average Bonchev–Trinajstić information content (AvgIpc) is 2.14. The molecule has 0 rings (SSSR count). The summed E-state index contributed by atoms with van der Waals surface area (Å²) in [6.07, 6.45) is 4.37. The largest absolute Gasteiger partial charge is 0.456 e. The number of aliphatic hydroxyl groups is 1. The van der Waals surface area contributed by atoms with Gasteiger partial charge in [0.05, 0.1) is 0 Å². The van der Waals surface area contributed by atoms with Gasteiger partial charge >= 0.3 is 5.97 Å². The van der Waals surface area contributed by atoms with E-state index in [1.54, 1.807) is 0 Å². The van der Waals surface area contributed by atoms with Gasteiger partial charge in [-0.25, -0.2) is 4.79 Å². The summed E-state index contributed by atoms with van der Waals surface area (Å²) in [4.78, 5) is 11.5. The first-order chi connectivity index (χ1) is 6.82. The zero-order valence-electron chi connectivity index (χ0n) is 10.3. The first kappa shape index (κ1) is 14.2. The van der Waals surface area contributed by atoms with Gasteiger partial charge in [0.15, 0.2) is 5.60 Å². The number of rotatable bonds is 5. The van der Waals surface area contributed by atoms with E-state index in [2.05, 4.69) is 0 Å². The Bertz CT molecular complexity index is 226. The van der Waals surface area contributed by atoms with Crippen molar-refractivity contribution in [1.82, 2.24) is 0 Å². The summed E-state index contributed by atoms with van der Waals surface area (Å²) in [5.74, 6) is -0.321.